The average Bonchev–Trinajstić information content (AvgIpc) is 3.15. The molecule has 3 rings (SSSR count). The van der Waals surface area contributed by atoms with E-state index in [2.05, 4.69) is 0 Å². The number of carboxylic acids is 1. The molecule has 0 unspecified atom stereocenters. The summed E-state index contributed by atoms with van der Waals surface area (Å²) in [6.45, 7) is 0.176. The van der Waals surface area contributed by atoms with Crippen molar-refractivity contribution >= 4 is 23.5 Å². The van der Waals surface area contributed by atoms with Crippen LogP contribution in [0.5, 0.6) is 5.75 Å². The number of aromatic nitrogens is 1. The van der Waals surface area contributed by atoms with E-state index in [9.17, 15) is 9.59 Å². The number of primary amides is 1. The van der Waals surface area contributed by atoms with Crippen molar-refractivity contribution in [3.8, 4) is 22.7 Å². The fraction of sp³-hybridized carbons (Fsp3) is 0.182. The Kier molecular flexibility index (Phi) is 6.44. The minimum Gasteiger partial charge on any atom is -0.495 e. The topological polar surface area (TPSA) is 121 Å². The third kappa shape index (κ3) is 4.32. The lowest BCUT2D eigenvalue weighted by atomic mass is 10.1. The zero-order valence-corrected chi connectivity index (χ0v) is 17.1. The Morgan fingerprint density at radius 3 is 2.50 bits per heavy atom. The van der Waals surface area contributed by atoms with Gasteiger partial charge in [-0.05, 0) is 60.5 Å². The molecule has 2 aromatic carbocycles. The highest BCUT2D eigenvalue weighted by Gasteiger charge is 2.17. The molecule has 0 fully saturated rings. The van der Waals surface area contributed by atoms with Gasteiger partial charge < -0.3 is 25.9 Å². The van der Waals surface area contributed by atoms with E-state index >= 15 is 0 Å². The number of nitrogens with zero attached hydrogens (tertiary/aromatic N) is 1. The average molecular weight is 428 g/mol. The molecule has 0 spiro atoms. The smallest absolute Gasteiger partial charge is 0.303 e. The van der Waals surface area contributed by atoms with Crippen molar-refractivity contribution in [1.82, 2.24) is 4.57 Å². The fourth-order valence-corrected chi connectivity index (χ4v) is 3.62. The summed E-state index contributed by atoms with van der Waals surface area (Å²) in [5, 5.41) is 9.60. The van der Waals surface area contributed by atoms with Gasteiger partial charge in [-0.1, -0.05) is 11.6 Å². The molecule has 8 heteroatoms. The monoisotopic (exact) mass is 427 g/mol. The Morgan fingerprint density at radius 2 is 1.90 bits per heavy atom. The molecule has 0 aliphatic carbocycles. The Bertz CT molecular complexity index is 1110. The Labute approximate surface area is 178 Å². The quantitative estimate of drug-likeness (QED) is 0.508. The summed E-state index contributed by atoms with van der Waals surface area (Å²) in [5.74, 6) is -0.880. The van der Waals surface area contributed by atoms with E-state index < -0.39 is 11.9 Å². The molecule has 3 aromatic rings. The number of amides is 1. The molecule has 1 aromatic heterocycles. The van der Waals surface area contributed by atoms with E-state index in [1.54, 1.807) is 37.4 Å². The molecule has 0 radical (unpaired) electrons. The molecular weight excluding hydrogens is 406 g/mol. The molecule has 0 saturated carbocycles. The molecule has 0 saturated heterocycles. The molecular formula is C22H22ClN3O4. The van der Waals surface area contributed by atoms with Crippen LogP contribution < -0.4 is 16.2 Å². The van der Waals surface area contributed by atoms with Crippen LogP contribution in [0.4, 0.5) is 0 Å². The van der Waals surface area contributed by atoms with Crippen LogP contribution in [0.15, 0.2) is 48.5 Å². The lowest BCUT2D eigenvalue weighted by Crippen LogP contribution is -2.14. The van der Waals surface area contributed by atoms with Crippen LogP contribution in [-0.2, 0) is 17.8 Å². The van der Waals surface area contributed by atoms with Crippen LogP contribution in [0, 0.1) is 0 Å². The van der Waals surface area contributed by atoms with E-state index in [1.807, 2.05) is 22.8 Å². The maximum atomic E-state index is 11.6. The number of halogens is 1. The number of ether oxygens (including phenoxy) is 1. The van der Waals surface area contributed by atoms with Crippen molar-refractivity contribution in [3.63, 3.8) is 0 Å². The van der Waals surface area contributed by atoms with Gasteiger partial charge in [0.2, 0.25) is 5.91 Å². The zero-order valence-electron chi connectivity index (χ0n) is 16.4. The maximum absolute atomic E-state index is 11.6. The Hall–Kier alpha value is -3.29. The highest BCUT2D eigenvalue weighted by atomic mass is 35.5. The van der Waals surface area contributed by atoms with Crippen molar-refractivity contribution in [2.75, 3.05) is 7.11 Å². The number of benzene rings is 2. The summed E-state index contributed by atoms with van der Waals surface area (Å²) in [4.78, 5) is 22.7. The van der Waals surface area contributed by atoms with Crippen molar-refractivity contribution in [3.05, 3.63) is 70.4 Å². The largest absolute Gasteiger partial charge is 0.495 e. The van der Waals surface area contributed by atoms with E-state index in [1.165, 1.54) is 0 Å². The number of hydrogen-bond donors (Lipinski definition) is 3. The molecule has 0 atom stereocenters. The van der Waals surface area contributed by atoms with Crippen LogP contribution in [-0.4, -0.2) is 28.7 Å². The highest BCUT2D eigenvalue weighted by molar-refractivity contribution is 6.32. The van der Waals surface area contributed by atoms with Gasteiger partial charge in [0.25, 0.3) is 0 Å². The lowest BCUT2D eigenvalue weighted by molar-refractivity contribution is -0.136. The van der Waals surface area contributed by atoms with E-state index in [-0.39, 0.29) is 13.0 Å². The minimum atomic E-state index is -0.889. The van der Waals surface area contributed by atoms with Crippen molar-refractivity contribution in [1.29, 1.82) is 0 Å². The first-order valence-corrected chi connectivity index (χ1v) is 9.63. The first-order chi connectivity index (χ1) is 14.3. The van der Waals surface area contributed by atoms with Crippen molar-refractivity contribution < 1.29 is 19.4 Å². The molecule has 0 bridgehead atoms. The Balaban J connectivity index is 2.20. The second-order valence-corrected chi connectivity index (χ2v) is 7.11. The summed E-state index contributed by atoms with van der Waals surface area (Å²) in [5.41, 5.74) is 15.6. The number of methoxy groups -OCH3 is 1. The summed E-state index contributed by atoms with van der Waals surface area (Å²) >= 11 is 6.32. The van der Waals surface area contributed by atoms with Gasteiger partial charge in [0, 0.05) is 23.4 Å². The van der Waals surface area contributed by atoms with Gasteiger partial charge in [0.05, 0.1) is 29.9 Å². The number of aliphatic carboxylic acids is 1. The van der Waals surface area contributed by atoms with Gasteiger partial charge in [0.15, 0.2) is 0 Å². The summed E-state index contributed by atoms with van der Waals surface area (Å²) < 4.78 is 7.17. The number of carbonyl (C=O) groups excluding carboxylic acids is 1. The third-order valence-electron chi connectivity index (χ3n) is 4.83. The normalized spacial score (nSPS) is 10.8. The molecule has 156 valence electrons. The predicted octanol–water partition coefficient (Wildman–Crippen LogP) is 3.38. The van der Waals surface area contributed by atoms with Gasteiger partial charge in [-0.15, -0.1) is 0 Å². The maximum Gasteiger partial charge on any atom is 0.303 e. The van der Waals surface area contributed by atoms with E-state index in [0.717, 1.165) is 22.6 Å². The summed E-state index contributed by atoms with van der Waals surface area (Å²) in [7, 11) is 1.54. The van der Waals surface area contributed by atoms with Gasteiger partial charge in [-0.2, -0.15) is 0 Å². The van der Waals surface area contributed by atoms with Gasteiger partial charge in [-0.25, -0.2) is 0 Å². The molecule has 0 aliphatic rings. The zero-order chi connectivity index (χ0) is 21.8. The van der Waals surface area contributed by atoms with Crippen LogP contribution >= 0.6 is 11.6 Å². The number of hydrogen-bond acceptors (Lipinski definition) is 4. The predicted molar refractivity (Wildman–Crippen MR) is 115 cm³/mol. The standard InChI is InChI=1S/C22H22ClN3O4/c1-30-20-8-3-13(11-17(20)23)18-7-4-16(5-9-21(27)28)26(18)19-6-2-14(22(25)29)10-15(19)12-24/h2-4,6-8,10-11H,5,9,12,24H2,1H3,(H2,25,29)(H,27,28). The van der Waals surface area contributed by atoms with Crippen LogP contribution in [0.3, 0.4) is 0 Å². The summed E-state index contributed by atoms with van der Waals surface area (Å²) in [6.07, 6.45) is 0.297. The second kappa shape index (κ2) is 9.02. The summed E-state index contributed by atoms with van der Waals surface area (Å²) in [6, 6.07) is 14.2. The second-order valence-electron chi connectivity index (χ2n) is 6.70. The number of nitrogens with two attached hydrogens (primary N) is 2. The number of aryl methyl sites for hydroxylation is 1. The molecule has 1 amide bonds. The number of rotatable bonds is 8. The SMILES string of the molecule is COc1ccc(-c2ccc(CCC(=O)O)n2-c2ccc(C(N)=O)cc2CN)cc1Cl. The molecule has 5 N–H and O–H groups in total. The van der Waals surface area contributed by atoms with Crippen molar-refractivity contribution in [2.24, 2.45) is 11.5 Å². The first-order valence-electron chi connectivity index (χ1n) is 9.25. The van der Waals surface area contributed by atoms with E-state index in [4.69, 9.17) is 32.9 Å². The van der Waals surface area contributed by atoms with Crippen LogP contribution in [0.25, 0.3) is 16.9 Å². The minimum absolute atomic E-state index is 0.0237. The molecule has 1 heterocycles. The van der Waals surface area contributed by atoms with Gasteiger partial charge in [-0.3, -0.25) is 9.59 Å². The van der Waals surface area contributed by atoms with E-state index in [0.29, 0.717) is 28.3 Å². The molecule has 0 aliphatic heterocycles. The number of carboxylic acid groups (broad SMARTS) is 1. The fourth-order valence-electron chi connectivity index (χ4n) is 3.36. The third-order valence-corrected chi connectivity index (χ3v) is 5.12. The van der Waals surface area contributed by atoms with Gasteiger partial charge in [0.1, 0.15) is 5.75 Å². The highest BCUT2D eigenvalue weighted by Crippen LogP contribution is 2.34. The van der Waals surface area contributed by atoms with Gasteiger partial charge >= 0.3 is 5.97 Å². The number of carbonyl (C=O) groups is 2. The molecule has 7 nitrogen and oxygen atoms in total. The van der Waals surface area contributed by atoms with Crippen LogP contribution in [0.2, 0.25) is 5.02 Å². The van der Waals surface area contributed by atoms with Crippen LogP contribution in [0.1, 0.15) is 28.0 Å². The Morgan fingerprint density at radius 1 is 1.13 bits per heavy atom. The first kappa shape index (κ1) is 21.4. The molecule has 30 heavy (non-hydrogen) atoms. The lowest BCUT2D eigenvalue weighted by Gasteiger charge is -2.18. The van der Waals surface area contributed by atoms with Crippen molar-refractivity contribution in [2.45, 2.75) is 19.4 Å².